The second-order valence-electron chi connectivity index (χ2n) is 5.63. The molecule has 1 spiro atoms. The van der Waals surface area contributed by atoms with Crippen LogP contribution in [0, 0.1) is 5.41 Å². The third-order valence-corrected chi connectivity index (χ3v) is 6.78. The van der Waals surface area contributed by atoms with Gasteiger partial charge in [0.25, 0.3) is 0 Å². The Kier molecular flexibility index (Phi) is 3.69. The molecule has 1 atom stereocenters. The van der Waals surface area contributed by atoms with Gasteiger partial charge in [-0.1, -0.05) is 12.8 Å². The van der Waals surface area contributed by atoms with Gasteiger partial charge in [-0.2, -0.15) is 0 Å². The van der Waals surface area contributed by atoms with Crippen LogP contribution in [0.4, 0.5) is 0 Å². The first-order chi connectivity index (χ1) is 8.37. The van der Waals surface area contributed by atoms with E-state index in [9.17, 15) is 13.2 Å². The summed E-state index contributed by atoms with van der Waals surface area (Å²) in [6.07, 6.45) is 6.68. The van der Waals surface area contributed by atoms with Crippen LogP contribution in [0.15, 0.2) is 0 Å². The SMILES string of the molecule is CC(C(=O)O)S(=O)(=O)N1CCC2(CCCC2)CC1. The Morgan fingerprint density at radius 1 is 1.17 bits per heavy atom. The molecule has 1 aliphatic carbocycles. The quantitative estimate of drug-likeness (QED) is 0.846. The zero-order valence-electron chi connectivity index (χ0n) is 10.8. The Morgan fingerprint density at radius 3 is 2.11 bits per heavy atom. The third-order valence-electron chi connectivity index (χ3n) is 4.60. The van der Waals surface area contributed by atoms with E-state index < -0.39 is 21.2 Å². The highest BCUT2D eigenvalue weighted by atomic mass is 32.2. The molecule has 2 rings (SSSR count). The fourth-order valence-corrected chi connectivity index (χ4v) is 4.58. The summed E-state index contributed by atoms with van der Waals surface area (Å²) in [5.74, 6) is -1.27. The van der Waals surface area contributed by atoms with Crippen molar-refractivity contribution in [3.63, 3.8) is 0 Å². The largest absolute Gasteiger partial charge is 0.480 e. The minimum Gasteiger partial charge on any atom is -0.480 e. The molecule has 1 aliphatic heterocycles. The van der Waals surface area contributed by atoms with Crippen LogP contribution in [0.3, 0.4) is 0 Å². The van der Waals surface area contributed by atoms with Crippen LogP contribution in [0.5, 0.6) is 0 Å². The molecule has 18 heavy (non-hydrogen) atoms. The Morgan fingerprint density at radius 2 is 1.67 bits per heavy atom. The smallest absolute Gasteiger partial charge is 0.323 e. The molecule has 1 N–H and O–H groups in total. The predicted octanol–water partition coefficient (Wildman–Crippen LogP) is 1.45. The van der Waals surface area contributed by atoms with Gasteiger partial charge in [0, 0.05) is 13.1 Å². The number of carboxylic acid groups (broad SMARTS) is 1. The zero-order chi connectivity index (χ0) is 13.4. The van der Waals surface area contributed by atoms with Crippen LogP contribution in [-0.4, -0.2) is 42.1 Å². The molecule has 5 nitrogen and oxygen atoms in total. The van der Waals surface area contributed by atoms with Crippen molar-refractivity contribution in [2.24, 2.45) is 5.41 Å². The van der Waals surface area contributed by atoms with Crippen molar-refractivity contribution in [3.8, 4) is 0 Å². The van der Waals surface area contributed by atoms with Gasteiger partial charge in [0.15, 0.2) is 5.25 Å². The van der Waals surface area contributed by atoms with Crippen molar-refractivity contribution in [1.29, 1.82) is 0 Å². The average Bonchev–Trinajstić information content (AvgIpc) is 2.77. The average molecular weight is 275 g/mol. The lowest BCUT2D eigenvalue weighted by Gasteiger charge is -2.39. The van der Waals surface area contributed by atoms with Crippen LogP contribution in [0.25, 0.3) is 0 Å². The summed E-state index contributed by atoms with van der Waals surface area (Å²) >= 11 is 0. The summed E-state index contributed by atoms with van der Waals surface area (Å²) < 4.78 is 25.5. The number of aliphatic carboxylic acids is 1. The Balaban J connectivity index is 2.03. The highest BCUT2D eigenvalue weighted by Gasteiger charge is 2.42. The van der Waals surface area contributed by atoms with E-state index in [0.29, 0.717) is 18.5 Å². The third kappa shape index (κ3) is 2.40. The molecule has 6 heteroatoms. The summed E-state index contributed by atoms with van der Waals surface area (Å²) in [6, 6.07) is 0. The van der Waals surface area contributed by atoms with Crippen molar-refractivity contribution >= 4 is 16.0 Å². The summed E-state index contributed by atoms with van der Waals surface area (Å²) in [5, 5.41) is 7.51. The van der Waals surface area contributed by atoms with Gasteiger partial charge in [-0.25, -0.2) is 12.7 Å². The summed E-state index contributed by atoms with van der Waals surface area (Å²) in [7, 11) is -3.67. The van der Waals surface area contributed by atoms with Gasteiger partial charge in [-0.3, -0.25) is 4.79 Å². The molecule has 104 valence electrons. The highest BCUT2D eigenvalue weighted by molar-refractivity contribution is 7.90. The lowest BCUT2D eigenvalue weighted by atomic mass is 9.78. The summed E-state index contributed by atoms with van der Waals surface area (Å²) in [6.45, 7) is 2.22. The van der Waals surface area contributed by atoms with Gasteiger partial charge >= 0.3 is 5.97 Å². The molecule has 0 aromatic carbocycles. The molecule has 2 fully saturated rings. The normalized spacial score (nSPS) is 26.3. The highest BCUT2D eigenvalue weighted by Crippen LogP contribution is 2.46. The molecule has 0 amide bonds. The molecule has 2 aliphatic rings. The number of nitrogens with zero attached hydrogens (tertiary/aromatic N) is 1. The number of hydrogen-bond donors (Lipinski definition) is 1. The van der Waals surface area contributed by atoms with E-state index in [0.717, 1.165) is 12.8 Å². The van der Waals surface area contributed by atoms with Crippen molar-refractivity contribution in [3.05, 3.63) is 0 Å². The van der Waals surface area contributed by atoms with Crippen molar-refractivity contribution in [2.45, 2.75) is 50.7 Å². The Hall–Kier alpha value is -0.620. The Bertz CT molecular complexity index is 415. The lowest BCUT2D eigenvalue weighted by Crippen LogP contribution is -2.47. The molecule has 1 saturated carbocycles. The lowest BCUT2D eigenvalue weighted by molar-refractivity contribution is -0.136. The second kappa shape index (κ2) is 4.81. The van der Waals surface area contributed by atoms with Crippen LogP contribution >= 0.6 is 0 Å². The van der Waals surface area contributed by atoms with Crippen LogP contribution < -0.4 is 0 Å². The van der Waals surface area contributed by atoms with Gasteiger partial charge in [-0.15, -0.1) is 0 Å². The topological polar surface area (TPSA) is 74.7 Å². The predicted molar refractivity (Wildman–Crippen MR) is 67.7 cm³/mol. The minimum atomic E-state index is -3.67. The van der Waals surface area contributed by atoms with Crippen LogP contribution in [-0.2, 0) is 14.8 Å². The van der Waals surface area contributed by atoms with Crippen molar-refractivity contribution in [2.75, 3.05) is 13.1 Å². The number of sulfonamides is 1. The molecule has 1 unspecified atom stereocenters. The molecule has 0 aromatic heterocycles. The first-order valence-electron chi connectivity index (χ1n) is 6.59. The summed E-state index contributed by atoms with van der Waals surface area (Å²) in [4.78, 5) is 10.8. The van der Waals surface area contributed by atoms with Gasteiger partial charge in [0.1, 0.15) is 0 Å². The molecular formula is C12H21NO4S. The number of hydrogen-bond acceptors (Lipinski definition) is 3. The molecule has 0 aromatic rings. The van der Waals surface area contributed by atoms with E-state index in [1.165, 1.54) is 36.9 Å². The van der Waals surface area contributed by atoms with Crippen molar-refractivity contribution in [1.82, 2.24) is 4.31 Å². The maximum Gasteiger partial charge on any atom is 0.323 e. The van der Waals surface area contributed by atoms with Gasteiger partial charge in [0.2, 0.25) is 10.0 Å². The standard InChI is InChI=1S/C12H21NO4S/c1-10(11(14)15)18(16,17)13-8-6-12(7-9-13)4-2-3-5-12/h10H,2-9H2,1H3,(H,14,15). The zero-order valence-corrected chi connectivity index (χ0v) is 11.6. The Labute approximate surface area is 108 Å². The van der Waals surface area contributed by atoms with E-state index in [1.54, 1.807) is 0 Å². The van der Waals surface area contributed by atoms with Crippen LogP contribution in [0.1, 0.15) is 45.4 Å². The fourth-order valence-electron chi connectivity index (χ4n) is 3.19. The monoisotopic (exact) mass is 275 g/mol. The number of rotatable bonds is 3. The first kappa shape index (κ1) is 13.8. The molecular weight excluding hydrogens is 254 g/mol. The van der Waals surface area contributed by atoms with E-state index >= 15 is 0 Å². The van der Waals surface area contributed by atoms with E-state index in [2.05, 4.69) is 0 Å². The van der Waals surface area contributed by atoms with Crippen molar-refractivity contribution < 1.29 is 18.3 Å². The van der Waals surface area contributed by atoms with E-state index in [1.807, 2.05) is 0 Å². The van der Waals surface area contributed by atoms with Gasteiger partial charge in [-0.05, 0) is 38.0 Å². The fraction of sp³-hybridized carbons (Fsp3) is 0.917. The molecule has 1 heterocycles. The number of piperidine rings is 1. The van der Waals surface area contributed by atoms with Crippen LogP contribution in [0.2, 0.25) is 0 Å². The first-order valence-corrected chi connectivity index (χ1v) is 8.10. The van der Waals surface area contributed by atoms with E-state index in [-0.39, 0.29) is 0 Å². The molecule has 0 radical (unpaired) electrons. The molecule has 1 saturated heterocycles. The molecule has 0 bridgehead atoms. The maximum atomic E-state index is 12.1. The van der Waals surface area contributed by atoms with Gasteiger partial charge < -0.3 is 5.11 Å². The van der Waals surface area contributed by atoms with Gasteiger partial charge in [0.05, 0.1) is 0 Å². The minimum absolute atomic E-state index is 0.346. The van der Waals surface area contributed by atoms with E-state index in [4.69, 9.17) is 5.11 Å². The number of carbonyl (C=O) groups is 1. The second-order valence-corrected chi connectivity index (χ2v) is 7.89. The maximum absolute atomic E-state index is 12.1. The summed E-state index contributed by atoms with van der Waals surface area (Å²) in [5.41, 5.74) is 0.346. The number of carboxylic acids is 1.